The SMILES string of the molecule is CC.CC.Cc1ccc2nc(-c3cc(Cl)ccc3C)[nH]c(=O)c2c1. The summed E-state index contributed by atoms with van der Waals surface area (Å²) in [6.45, 7) is 11.9. The van der Waals surface area contributed by atoms with Gasteiger partial charge in [-0.15, -0.1) is 0 Å². The Morgan fingerprint density at radius 2 is 1.62 bits per heavy atom. The highest BCUT2D eigenvalue weighted by atomic mass is 35.5. The molecule has 3 nitrogen and oxygen atoms in total. The number of fused-ring (bicyclic) bond motifs is 1. The molecule has 0 unspecified atom stereocenters. The zero-order chi connectivity index (χ0) is 18.3. The van der Waals surface area contributed by atoms with Crippen LogP contribution < -0.4 is 5.56 Å². The number of hydrogen-bond acceptors (Lipinski definition) is 2. The molecular formula is C20H25ClN2O. The van der Waals surface area contributed by atoms with Gasteiger partial charge in [-0.05, 0) is 43.7 Å². The Morgan fingerprint density at radius 1 is 0.958 bits per heavy atom. The summed E-state index contributed by atoms with van der Waals surface area (Å²) < 4.78 is 0. The van der Waals surface area contributed by atoms with Gasteiger partial charge in [0.05, 0.1) is 10.9 Å². The normalized spacial score (nSPS) is 9.62. The Morgan fingerprint density at radius 3 is 2.29 bits per heavy atom. The van der Waals surface area contributed by atoms with E-state index < -0.39 is 0 Å². The number of halogens is 1. The molecular weight excluding hydrogens is 320 g/mol. The molecule has 1 aromatic heterocycles. The van der Waals surface area contributed by atoms with E-state index in [1.54, 1.807) is 0 Å². The van der Waals surface area contributed by atoms with Crippen molar-refractivity contribution in [3.63, 3.8) is 0 Å². The van der Waals surface area contributed by atoms with Crippen LogP contribution in [0.25, 0.3) is 22.3 Å². The van der Waals surface area contributed by atoms with Gasteiger partial charge in [0.2, 0.25) is 0 Å². The minimum Gasteiger partial charge on any atom is -0.306 e. The second-order valence-electron chi connectivity index (χ2n) is 4.89. The summed E-state index contributed by atoms with van der Waals surface area (Å²) in [5.41, 5.74) is 3.46. The number of aromatic amines is 1. The molecule has 2 aromatic carbocycles. The largest absolute Gasteiger partial charge is 0.306 e. The van der Waals surface area contributed by atoms with Gasteiger partial charge in [-0.25, -0.2) is 4.98 Å². The van der Waals surface area contributed by atoms with Crippen LogP contribution in [0.4, 0.5) is 0 Å². The van der Waals surface area contributed by atoms with Crippen LogP contribution in [0, 0.1) is 13.8 Å². The Labute approximate surface area is 148 Å². The van der Waals surface area contributed by atoms with Gasteiger partial charge in [0.25, 0.3) is 5.56 Å². The molecule has 0 aliphatic heterocycles. The van der Waals surface area contributed by atoms with Crippen LogP contribution in [0.2, 0.25) is 5.02 Å². The van der Waals surface area contributed by atoms with E-state index in [1.165, 1.54) is 0 Å². The molecule has 0 saturated carbocycles. The van der Waals surface area contributed by atoms with E-state index in [0.717, 1.165) is 16.7 Å². The van der Waals surface area contributed by atoms with Gasteiger partial charge in [0, 0.05) is 10.6 Å². The van der Waals surface area contributed by atoms with Gasteiger partial charge in [-0.1, -0.05) is 57.0 Å². The first-order valence-electron chi connectivity index (χ1n) is 8.32. The summed E-state index contributed by atoms with van der Waals surface area (Å²) >= 11 is 6.03. The van der Waals surface area contributed by atoms with Crippen LogP contribution in [0.5, 0.6) is 0 Å². The van der Waals surface area contributed by atoms with E-state index >= 15 is 0 Å². The quantitative estimate of drug-likeness (QED) is 0.596. The third kappa shape index (κ3) is 4.45. The van der Waals surface area contributed by atoms with E-state index in [-0.39, 0.29) is 5.56 Å². The summed E-state index contributed by atoms with van der Waals surface area (Å²) in [7, 11) is 0. The second-order valence-corrected chi connectivity index (χ2v) is 5.33. The van der Waals surface area contributed by atoms with Gasteiger partial charge in [-0.2, -0.15) is 0 Å². The molecule has 1 heterocycles. The van der Waals surface area contributed by atoms with Crippen molar-refractivity contribution in [1.82, 2.24) is 9.97 Å². The Bertz CT molecular complexity index is 869. The van der Waals surface area contributed by atoms with Crippen LogP contribution in [-0.2, 0) is 0 Å². The van der Waals surface area contributed by atoms with Crippen molar-refractivity contribution >= 4 is 22.5 Å². The molecule has 3 aromatic rings. The lowest BCUT2D eigenvalue weighted by Gasteiger charge is -2.07. The Kier molecular flexibility index (Phi) is 7.66. The predicted molar refractivity (Wildman–Crippen MR) is 105 cm³/mol. The summed E-state index contributed by atoms with van der Waals surface area (Å²) in [4.78, 5) is 19.6. The number of aromatic nitrogens is 2. The van der Waals surface area contributed by atoms with Crippen LogP contribution >= 0.6 is 11.6 Å². The molecule has 0 amide bonds. The maximum Gasteiger partial charge on any atom is 0.259 e. The number of nitrogens with zero attached hydrogens (tertiary/aromatic N) is 1. The molecule has 24 heavy (non-hydrogen) atoms. The van der Waals surface area contributed by atoms with Crippen molar-refractivity contribution in [2.75, 3.05) is 0 Å². The van der Waals surface area contributed by atoms with E-state index in [2.05, 4.69) is 9.97 Å². The van der Waals surface area contributed by atoms with Crippen LogP contribution in [0.3, 0.4) is 0 Å². The molecule has 4 heteroatoms. The fraction of sp³-hybridized carbons (Fsp3) is 0.300. The average molecular weight is 345 g/mol. The van der Waals surface area contributed by atoms with Crippen molar-refractivity contribution in [1.29, 1.82) is 0 Å². The number of benzene rings is 2. The first-order valence-corrected chi connectivity index (χ1v) is 8.69. The van der Waals surface area contributed by atoms with Crippen molar-refractivity contribution in [2.24, 2.45) is 0 Å². The summed E-state index contributed by atoms with van der Waals surface area (Å²) in [6.07, 6.45) is 0. The highest BCUT2D eigenvalue weighted by molar-refractivity contribution is 6.30. The average Bonchev–Trinajstić information content (AvgIpc) is 2.61. The summed E-state index contributed by atoms with van der Waals surface area (Å²) in [5.74, 6) is 0.548. The fourth-order valence-corrected chi connectivity index (χ4v) is 2.40. The lowest BCUT2D eigenvalue weighted by molar-refractivity contribution is 1.17. The van der Waals surface area contributed by atoms with Gasteiger partial charge in [0.15, 0.2) is 0 Å². The second kappa shape index (κ2) is 9.24. The monoisotopic (exact) mass is 344 g/mol. The molecule has 128 valence electrons. The molecule has 0 saturated heterocycles. The predicted octanol–water partition coefficient (Wildman–Crippen LogP) is 5.91. The van der Waals surface area contributed by atoms with Crippen LogP contribution in [0.1, 0.15) is 38.8 Å². The summed E-state index contributed by atoms with van der Waals surface area (Å²) in [6, 6.07) is 11.2. The van der Waals surface area contributed by atoms with Gasteiger partial charge < -0.3 is 4.98 Å². The molecule has 0 aliphatic carbocycles. The Balaban J connectivity index is 0.000000671. The topological polar surface area (TPSA) is 45.8 Å². The van der Waals surface area contributed by atoms with E-state index in [0.29, 0.717) is 21.7 Å². The lowest BCUT2D eigenvalue weighted by Crippen LogP contribution is -2.10. The summed E-state index contributed by atoms with van der Waals surface area (Å²) in [5, 5.41) is 1.23. The number of hydrogen-bond donors (Lipinski definition) is 1. The Hall–Kier alpha value is -2.13. The van der Waals surface area contributed by atoms with Crippen molar-refractivity contribution < 1.29 is 0 Å². The maximum absolute atomic E-state index is 12.2. The zero-order valence-corrected chi connectivity index (χ0v) is 16.0. The van der Waals surface area contributed by atoms with Crippen molar-refractivity contribution in [3.05, 3.63) is 62.9 Å². The van der Waals surface area contributed by atoms with Gasteiger partial charge >= 0.3 is 0 Å². The number of H-pyrrole nitrogens is 1. The fourth-order valence-electron chi connectivity index (χ4n) is 2.23. The van der Waals surface area contributed by atoms with Crippen molar-refractivity contribution in [2.45, 2.75) is 41.5 Å². The molecule has 1 N–H and O–H groups in total. The molecule has 0 aliphatic rings. The molecule has 0 atom stereocenters. The third-order valence-electron chi connectivity index (χ3n) is 3.32. The van der Waals surface area contributed by atoms with Crippen LogP contribution in [0.15, 0.2) is 41.2 Å². The van der Waals surface area contributed by atoms with E-state index in [4.69, 9.17) is 11.6 Å². The minimum atomic E-state index is -0.131. The maximum atomic E-state index is 12.2. The molecule has 0 spiro atoms. The number of nitrogens with one attached hydrogen (secondary N) is 1. The van der Waals surface area contributed by atoms with Gasteiger partial charge in [-0.3, -0.25) is 4.79 Å². The van der Waals surface area contributed by atoms with Crippen LogP contribution in [-0.4, -0.2) is 9.97 Å². The highest BCUT2D eigenvalue weighted by Crippen LogP contribution is 2.24. The minimum absolute atomic E-state index is 0.131. The molecule has 0 bridgehead atoms. The third-order valence-corrected chi connectivity index (χ3v) is 3.55. The first kappa shape index (κ1) is 19.9. The first-order chi connectivity index (χ1) is 11.5. The van der Waals surface area contributed by atoms with Gasteiger partial charge in [0.1, 0.15) is 5.82 Å². The number of aryl methyl sites for hydroxylation is 2. The molecule has 3 rings (SSSR count). The number of rotatable bonds is 1. The van der Waals surface area contributed by atoms with E-state index in [1.807, 2.05) is 77.9 Å². The lowest BCUT2D eigenvalue weighted by atomic mass is 10.1. The molecule has 0 radical (unpaired) electrons. The molecule has 0 fully saturated rings. The van der Waals surface area contributed by atoms with E-state index in [9.17, 15) is 4.79 Å². The zero-order valence-electron chi connectivity index (χ0n) is 15.2. The standard InChI is InChI=1S/C16H13ClN2O.2C2H6/c1-9-3-6-14-13(7-9)16(20)19-15(18-14)12-8-11(17)5-4-10(12)2;2*1-2/h3-8H,1-2H3,(H,18,19,20);2*1-2H3. The van der Waals surface area contributed by atoms with Crippen molar-refractivity contribution in [3.8, 4) is 11.4 Å². The smallest absolute Gasteiger partial charge is 0.259 e. The highest BCUT2D eigenvalue weighted by Gasteiger charge is 2.09.